The van der Waals surface area contributed by atoms with E-state index in [2.05, 4.69) is 43.3 Å². The number of ether oxygens (including phenoxy) is 1. The summed E-state index contributed by atoms with van der Waals surface area (Å²) in [5.41, 5.74) is 3.99. The predicted molar refractivity (Wildman–Crippen MR) is 134 cm³/mol. The lowest BCUT2D eigenvalue weighted by molar-refractivity contribution is 0.282. The zero-order valence-corrected chi connectivity index (χ0v) is 19.4. The molecule has 5 heteroatoms. The fourth-order valence-electron chi connectivity index (χ4n) is 4.01. The molecule has 0 spiro atoms. The number of aromatic nitrogens is 1. The first-order chi connectivity index (χ1) is 15.5. The molecule has 0 N–H and O–H groups in total. The summed E-state index contributed by atoms with van der Waals surface area (Å²) in [6, 6.07) is 15.4. The number of hydrogen-bond donors (Lipinski definition) is 0. The first-order valence-corrected chi connectivity index (χ1v) is 11.5. The van der Waals surface area contributed by atoms with Gasteiger partial charge in [-0.05, 0) is 80.4 Å². The maximum Gasteiger partial charge on any atom is 0.251 e. The summed E-state index contributed by atoms with van der Waals surface area (Å²) in [5.74, 6) is 0.828. The molecule has 4 rings (SSSR count). The Morgan fingerprint density at radius 2 is 1.88 bits per heavy atom. The van der Waals surface area contributed by atoms with Crippen LogP contribution in [0.3, 0.4) is 0 Å². The molecular formula is C27H29ClN2O2. The number of allylic oxidation sites excluding steroid dienone is 4. The quantitative estimate of drug-likeness (QED) is 0.410. The van der Waals surface area contributed by atoms with E-state index in [0.29, 0.717) is 18.2 Å². The highest BCUT2D eigenvalue weighted by Gasteiger charge is 2.14. The van der Waals surface area contributed by atoms with E-state index >= 15 is 0 Å². The topological polar surface area (TPSA) is 34.5 Å². The second-order valence-electron chi connectivity index (χ2n) is 8.43. The van der Waals surface area contributed by atoms with Gasteiger partial charge in [-0.25, -0.2) is 0 Å². The van der Waals surface area contributed by atoms with Crippen molar-refractivity contribution < 1.29 is 4.74 Å². The molecule has 0 saturated carbocycles. The molecule has 0 unspecified atom stereocenters. The Kier molecular flexibility index (Phi) is 7.13. The SMILES string of the molecule is CN(C)CCCOc1ccc2c(c1)c(C1=CCCC=C1)cc(=O)n2Cc1ccc(Cl)cc1. The monoisotopic (exact) mass is 448 g/mol. The molecule has 0 radical (unpaired) electrons. The van der Waals surface area contributed by atoms with Crippen molar-refractivity contribution in [2.75, 3.05) is 27.2 Å². The molecule has 1 heterocycles. The minimum atomic E-state index is -0.0121. The molecule has 2 aromatic carbocycles. The van der Waals surface area contributed by atoms with Crippen LogP contribution in [-0.4, -0.2) is 36.7 Å². The number of hydrogen-bond acceptors (Lipinski definition) is 3. The summed E-state index contributed by atoms with van der Waals surface area (Å²) in [4.78, 5) is 15.3. The van der Waals surface area contributed by atoms with Gasteiger partial charge in [0.25, 0.3) is 5.56 Å². The average molecular weight is 449 g/mol. The normalized spacial score (nSPS) is 13.6. The van der Waals surface area contributed by atoms with Gasteiger partial charge >= 0.3 is 0 Å². The molecule has 166 valence electrons. The van der Waals surface area contributed by atoms with Gasteiger partial charge < -0.3 is 14.2 Å². The standard InChI is InChI=1S/C27H29ClN2O2/c1-29(2)15-6-16-32-23-13-14-26-25(17-23)24(21-7-4-3-5-8-21)18-27(31)30(26)19-20-9-11-22(28)12-10-20/h4,7-14,17-18H,3,5-6,15-16,19H2,1-2H3. The Morgan fingerprint density at radius 3 is 2.59 bits per heavy atom. The lowest BCUT2D eigenvalue weighted by Crippen LogP contribution is -2.21. The molecule has 0 atom stereocenters. The summed E-state index contributed by atoms with van der Waals surface area (Å²) in [5, 5.41) is 1.72. The van der Waals surface area contributed by atoms with Crippen molar-refractivity contribution in [3.05, 3.63) is 93.3 Å². The highest BCUT2D eigenvalue weighted by molar-refractivity contribution is 6.30. The van der Waals surface area contributed by atoms with Gasteiger partial charge in [0.15, 0.2) is 0 Å². The van der Waals surface area contributed by atoms with Crippen LogP contribution in [-0.2, 0) is 6.54 Å². The Hall–Kier alpha value is -2.82. The van der Waals surface area contributed by atoms with Gasteiger partial charge in [-0.2, -0.15) is 0 Å². The number of nitrogens with zero attached hydrogens (tertiary/aromatic N) is 2. The maximum absolute atomic E-state index is 13.2. The second-order valence-corrected chi connectivity index (χ2v) is 8.87. The lowest BCUT2D eigenvalue weighted by atomic mass is 9.96. The van der Waals surface area contributed by atoms with Crippen LogP contribution in [0, 0.1) is 0 Å². The number of benzene rings is 2. The highest BCUT2D eigenvalue weighted by atomic mass is 35.5. The molecule has 0 fully saturated rings. The summed E-state index contributed by atoms with van der Waals surface area (Å²) in [6.07, 6.45) is 9.48. The van der Waals surface area contributed by atoms with Gasteiger partial charge in [0.1, 0.15) is 5.75 Å². The first kappa shape index (κ1) is 22.4. The molecule has 1 aromatic heterocycles. The van der Waals surface area contributed by atoms with Gasteiger partial charge in [-0.1, -0.05) is 42.0 Å². The number of halogens is 1. The summed E-state index contributed by atoms with van der Waals surface area (Å²) in [7, 11) is 4.13. The summed E-state index contributed by atoms with van der Waals surface area (Å²) in [6.45, 7) is 2.13. The predicted octanol–water partition coefficient (Wildman–Crippen LogP) is 5.77. The molecule has 1 aliphatic rings. The largest absolute Gasteiger partial charge is 0.494 e. The van der Waals surface area contributed by atoms with Crippen LogP contribution in [0.5, 0.6) is 5.75 Å². The van der Waals surface area contributed by atoms with E-state index in [-0.39, 0.29) is 5.56 Å². The van der Waals surface area contributed by atoms with Crippen molar-refractivity contribution in [1.82, 2.24) is 9.47 Å². The van der Waals surface area contributed by atoms with Crippen LogP contribution in [0.15, 0.2) is 71.6 Å². The Bertz CT molecular complexity index is 1210. The van der Waals surface area contributed by atoms with Crippen LogP contribution in [0.2, 0.25) is 5.02 Å². The molecule has 0 aliphatic heterocycles. The van der Waals surface area contributed by atoms with E-state index in [1.54, 1.807) is 6.07 Å². The van der Waals surface area contributed by atoms with Crippen LogP contribution in [0.4, 0.5) is 0 Å². The van der Waals surface area contributed by atoms with Gasteiger partial charge in [-0.3, -0.25) is 4.79 Å². The van der Waals surface area contributed by atoms with E-state index in [1.165, 1.54) is 0 Å². The smallest absolute Gasteiger partial charge is 0.251 e. The molecule has 0 amide bonds. The maximum atomic E-state index is 13.2. The van der Waals surface area contributed by atoms with Crippen LogP contribution < -0.4 is 10.3 Å². The minimum absolute atomic E-state index is 0.0121. The van der Waals surface area contributed by atoms with Crippen molar-refractivity contribution in [1.29, 1.82) is 0 Å². The van der Waals surface area contributed by atoms with Gasteiger partial charge in [0.2, 0.25) is 0 Å². The third-order valence-electron chi connectivity index (χ3n) is 5.66. The van der Waals surface area contributed by atoms with Crippen molar-refractivity contribution in [2.24, 2.45) is 0 Å². The zero-order valence-electron chi connectivity index (χ0n) is 18.7. The molecule has 1 aliphatic carbocycles. The van der Waals surface area contributed by atoms with E-state index in [0.717, 1.165) is 59.2 Å². The molecule has 4 nitrogen and oxygen atoms in total. The third kappa shape index (κ3) is 5.32. The number of rotatable bonds is 8. The van der Waals surface area contributed by atoms with Crippen molar-refractivity contribution in [2.45, 2.75) is 25.8 Å². The van der Waals surface area contributed by atoms with Crippen LogP contribution >= 0.6 is 11.6 Å². The number of pyridine rings is 1. The second kappa shape index (κ2) is 10.2. The van der Waals surface area contributed by atoms with Crippen LogP contribution in [0.1, 0.15) is 30.4 Å². The number of fused-ring (bicyclic) bond motifs is 1. The van der Waals surface area contributed by atoms with Gasteiger partial charge in [0.05, 0.1) is 18.7 Å². The molecular weight excluding hydrogens is 420 g/mol. The Morgan fingerprint density at radius 1 is 1.06 bits per heavy atom. The molecule has 0 saturated heterocycles. The minimum Gasteiger partial charge on any atom is -0.494 e. The van der Waals surface area contributed by atoms with Gasteiger partial charge in [0, 0.05) is 23.0 Å². The zero-order chi connectivity index (χ0) is 22.5. The Labute approximate surface area is 194 Å². The van der Waals surface area contributed by atoms with Gasteiger partial charge in [-0.15, -0.1) is 0 Å². The summed E-state index contributed by atoms with van der Waals surface area (Å²) < 4.78 is 7.87. The van der Waals surface area contributed by atoms with E-state index in [9.17, 15) is 4.79 Å². The fourth-order valence-corrected chi connectivity index (χ4v) is 4.14. The lowest BCUT2D eigenvalue weighted by Gasteiger charge is -2.17. The van der Waals surface area contributed by atoms with E-state index < -0.39 is 0 Å². The molecule has 0 bridgehead atoms. The van der Waals surface area contributed by atoms with E-state index in [1.807, 2.05) is 41.0 Å². The van der Waals surface area contributed by atoms with Crippen molar-refractivity contribution >= 4 is 28.1 Å². The van der Waals surface area contributed by atoms with Crippen LogP contribution in [0.25, 0.3) is 16.5 Å². The molecule has 3 aromatic rings. The van der Waals surface area contributed by atoms with Crippen molar-refractivity contribution in [3.8, 4) is 5.75 Å². The van der Waals surface area contributed by atoms with E-state index in [4.69, 9.17) is 16.3 Å². The average Bonchev–Trinajstić information content (AvgIpc) is 2.80. The third-order valence-corrected chi connectivity index (χ3v) is 5.91. The Balaban J connectivity index is 1.74. The van der Waals surface area contributed by atoms with Crippen molar-refractivity contribution in [3.63, 3.8) is 0 Å². The summed E-state index contributed by atoms with van der Waals surface area (Å²) >= 11 is 6.04. The highest BCUT2D eigenvalue weighted by Crippen LogP contribution is 2.30. The fraction of sp³-hybridized carbons (Fsp3) is 0.296. The molecule has 32 heavy (non-hydrogen) atoms. The first-order valence-electron chi connectivity index (χ1n) is 11.1.